The predicted molar refractivity (Wildman–Crippen MR) is 215 cm³/mol. The monoisotopic (exact) mass is 796 g/mol. The van der Waals surface area contributed by atoms with Crippen LogP contribution in [0.2, 0.25) is 0 Å². The summed E-state index contributed by atoms with van der Waals surface area (Å²) in [4.78, 5) is 94.8. The van der Waals surface area contributed by atoms with Crippen LogP contribution in [-0.4, -0.2) is 101 Å². The number of H-pyrrole nitrogens is 1. The topological polar surface area (TPSA) is 202 Å². The summed E-state index contributed by atoms with van der Waals surface area (Å²) in [5, 5.41) is 14.1. The Morgan fingerprint density at radius 2 is 1.67 bits per heavy atom. The number of halogens is 1. The van der Waals surface area contributed by atoms with E-state index in [1.807, 2.05) is 11.8 Å². The molecule has 306 valence electrons. The van der Waals surface area contributed by atoms with Crippen LogP contribution >= 0.6 is 0 Å². The number of hydrogen-bond acceptors (Lipinski definition) is 9. The van der Waals surface area contributed by atoms with E-state index in [4.69, 9.17) is 0 Å². The van der Waals surface area contributed by atoms with Crippen LogP contribution in [0.25, 0.3) is 11.6 Å². The summed E-state index contributed by atoms with van der Waals surface area (Å²) in [5.74, 6) is -3.30. The SMILES string of the molecule is CCN(CCNC(=O)c1c(C)[nH]c(/C=C2\C(=O)Nc3ccc(F)cc32)c1C)CC(=O)NCCCCCCCNc1cccc2c1C(=O)N(C1CCC(=O)NC1=O)C2=O. The summed E-state index contributed by atoms with van der Waals surface area (Å²) in [7, 11) is 0. The highest BCUT2D eigenvalue weighted by Gasteiger charge is 2.45. The van der Waals surface area contributed by atoms with Gasteiger partial charge in [-0.25, -0.2) is 4.39 Å². The van der Waals surface area contributed by atoms with Crippen LogP contribution in [0.4, 0.5) is 15.8 Å². The zero-order valence-corrected chi connectivity index (χ0v) is 32.9. The number of piperidine rings is 1. The second kappa shape index (κ2) is 18.4. The lowest BCUT2D eigenvalue weighted by molar-refractivity contribution is -0.136. The highest BCUT2D eigenvalue weighted by Crippen LogP contribution is 2.35. The molecule has 6 rings (SSSR count). The summed E-state index contributed by atoms with van der Waals surface area (Å²) >= 11 is 0. The first kappa shape index (κ1) is 41.5. The second-order valence-electron chi connectivity index (χ2n) is 14.7. The fourth-order valence-electron chi connectivity index (χ4n) is 7.62. The van der Waals surface area contributed by atoms with Gasteiger partial charge in [0.1, 0.15) is 11.9 Å². The molecule has 0 saturated carbocycles. The average Bonchev–Trinajstić information content (AvgIpc) is 3.75. The van der Waals surface area contributed by atoms with Gasteiger partial charge >= 0.3 is 0 Å². The largest absolute Gasteiger partial charge is 0.384 e. The van der Waals surface area contributed by atoms with Crippen molar-refractivity contribution in [3.63, 3.8) is 0 Å². The Balaban J connectivity index is 0.859. The molecule has 1 unspecified atom stereocenters. The average molecular weight is 797 g/mol. The molecule has 0 radical (unpaired) electrons. The number of likely N-dealkylation sites (N-methyl/N-ethyl adjacent to an activating group) is 1. The maximum Gasteiger partial charge on any atom is 0.264 e. The number of nitrogens with one attached hydrogen (secondary N) is 6. The fourth-order valence-corrected chi connectivity index (χ4v) is 7.62. The Labute approximate surface area is 335 Å². The van der Waals surface area contributed by atoms with Crippen molar-refractivity contribution in [3.05, 3.63) is 81.4 Å². The molecule has 4 heterocycles. The smallest absolute Gasteiger partial charge is 0.264 e. The molecule has 16 heteroatoms. The molecule has 3 aliphatic rings. The van der Waals surface area contributed by atoms with E-state index in [2.05, 4.69) is 31.6 Å². The molecular weight excluding hydrogens is 748 g/mol. The van der Waals surface area contributed by atoms with Gasteiger partial charge in [0, 0.05) is 60.9 Å². The first-order valence-electron chi connectivity index (χ1n) is 19.8. The molecule has 0 aliphatic carbocycles. The van der Waals surface area contributed by atoms with Crippen LogP contribution < -0.4 is 26.6 Å². The highest BCUT2D eigenvalue weighted by molar-refractivity contribution is 6.35. The highest BCUT2D eigenvalue weighted by atomic mass is 19.1. The van der Waals surface area contributed by atoms with Gasteiger partial charge in [0.25, 0.3) is 23.6 Å². The van der Waals surface area contributed by atoms with Crippen molar-refractivity contribution in [3.8, 4) is 0 Å². The lowest BCUT2D eigenvalue weighted by Gasteiger charge is -2.27. The Morgan fingerprint density at radius 1 is 0.914 bits per heavy atom. The third kappa shape index (κ3) is 9.17. The third-order valence-electron chi connectivity index (χ3n) is 10.7. The first-order chi connectivity index (χ1) is 27.9. The zero-order chi connectivity index (χ0) is 41.5. The molecule has 0 bridgehead atoms. The van der Waals surface area contributed by atoms with Crippen molar-refractivity contribution in [2.75, 3.05) is 49.9 Å². The molecule has 1 fully saturated rings. The van der Waals surface area contributed by atoms with Crippen LogP contribution in [0.1, 0.15) is 105 Å². The standard InChI is InChI=1S/C42H49FN8O7/c1-4-50(20-19-46-40(56)36-24(2)32(47-25(36)3)22-29-28-21-26(43)13-14-30(28)48-38(29)54)23-35(53)45-18-9-7-5-6-8-17-44-31-12-10-11-27-37(31)42(58)51(41(27)57)33-15-16-34(52)49-39(33)55/h10-14,21-22,33,44,47H,4-9,15-20,23H2,1-3H3,(H,45,53)(H,46,56)(H,48,54)(H,49,52,55)/b29-22-. The summed E-state index contributed by atoms with van der Waals surface area (Å²) in [5.41, 5.74) is 4.67. The number of fused-ring (bicyclic) bond motifs is 2. The van der Waals surface area contributed by atoms with Crippen molar-refractivity contribution in [2.45, 2.75) is 71.8 Å². The number of imide groups is 2. The van der Waals surface area contributed by atoms with E-state index in [1.165, 1.54) is 18.2 Å². The maximum atomic E-state index is 13.9. The Kier molecular flexibility index (Phi) is 13.2. The van der Waals surface area contributed by atoms with E-state index in [0.29, 0.717) is 77.7 Å². The van der Waals surface area contributed by atoms with Crippen LogP contribution in [0.15, 0.2) is 36.4 Å². The molecule has 0 spiro atoms. The fraction of sp³-hybridized carbons (Fsp3) is 0.405. The molecular formula is C42H49FN8O7. The first-order valence-corrected chi connectivity index (χ1v) is 19.8. The number of rotatable bonds is 18. The number of anilines is 2. The third-order valence-corrected chi connectivity index (χ3v) is 10.7. The molecule has 1 aromatic heterocycles. The summed E-state index contributed by atoms with van der Waals surface area (Å²) in [6, 6.07) is 8.10. The van der Waals surface area contributed by atoms with Crippen molar-refractivity contribution >= 4 is 64.4 Å². The van der Waals surface area contributed by atoms with Gasteiger partial charge in [0.2, 0.25) is 17.7 Å². The van der Waals surface area contributed by atoms with E-state index in [9.17, 15) is 38.0 Å². The van der Waals surface area contributed by atoms with Crippen molar-refractivity contribution in [1.82, 2.24) is 30.7 Å². The summed E-state index contributed by atoms with van der Waals surface area (Å²) < 4.78 is 13.9. The zero-order valence-electron chi connectivity index (χ0n) is 32.9. The molecule has 3 aliphatic heterocycles. The van der Waals surface area contributed by atoms with Crippen molar-refractivity contribution in [1.29, 1.82) is 0 Å². The lowest BCUT2D eigenvalue weighted by Crippen LogP contribution is -2.54. The normalized spacial score (nSPS) is 16.8. The number of aromatic nitrogens is 1. The van der Waals surface area contributed by atoms with Crippen molar-refractivity contribution in [2.24, 2.45) is 0 Å². The van der Waals surface area contributed by atoms with E-state index in [-0.39, 0.29) is 48.2 Å². The van der Waals surface area contributed by atoms with Crippen LogP contribution in [0, 0.1) is 19.7 Å². The van der Waals surface area contributed by atoms with E-state index >= 15 is 0 Å². The molecule has 6 N–H and O–H groups in total. The quantitative estimate of drug-likeness (QED) is 0.0628. The van der Waals surface area contributed by atoms with Crippen molar-refractivity contribution < 1.29 is 38.0 Å². The van der Waals surface area contributed by atoms with Crippen LogP contribution in [0.5, 0.6) is 0 Å². The predicted octanol–water partition coefficient (Wildman–Crippen LogP) is 3.90. The minimum Gasteiger partial charge on any atom is -0.384 e. The van der Waals surface area contributed by atoms with Gasteiger partial charge in [-0.3, -0.25) is 48.7 Å². The Hall–Kier alpha value is -6.16. The number of aryl methyl sites for hydroxylation is 1. The van der Waals surface area contributed by atoms with Gasteiger partial charge in [-0.15, -0.1) is 0 Å². The molecule has 1 atom stereocenters. The van der Waals surface area contributed by atoms with Gasteiger partial charge in [0.15, 0.2) is 0 Å². The molecule has 58 heavy (non-hydrogen) atoms. The van der Waals surface area contributed by atoms with Gasteiger partial charge in [-0.2, -0.15) is 0 Å². The number of carbonyl (C=O) groups is 7. The van der Waals surface area contributed by atoms with Gasteiger partial charge in [-0.05, 0) is 81.6 Å². The molecule has 7 amide bonds. The van der Waals surface area contributed by atoms with Gasteiger partial charge in [-0.1, -0.05) is 32.3 Å². The lowest BCUT2D eigenvalue weighted by atomic mass is 10.0. The number of hydrogen-bond donors (Lipinski definition) is 6. The minimum absolute atomic E-state index is 0.0632. The Bertz CT molecular complexity index is 2180. The van der Waals surface area contributed by atoms with Crippen LogP contribution in [-0.2, 0) is 19.2 Å². The van der Waals surface area contributed by atoms with Gasteiger partial charge < -0.3 is 26.3 Å². The minimum atomic E-state index is -1.01. The van der Waals surface area contributed by atoms with E-state index in [1.54, 1.807) is 38.1 Å². The number of benzene rings is 2. The Morgan fingerprint density at radius 3 is 2.43 bits per heavy atom. The molecule has 3 aromatic rings. The van der Waals surface area contributed by atoms with E-state index < -0.39 is 35.5 Å². The molecule has 1 saturated heterocycles. The number of nitrogens with zero attached hydrogens (tertiary/aromatic N) is 2. The number of unbranched alkanes of at least 4 members (excludes halogenated alkanes) is 4. The maximum absolute atomic E-state index is 13.9. The molecule has 15 nitrogen and oxygen atoms in total. The van der Waals surface area contributed by atoms with E-state index in [0.717, 1.165) is 37.0 Å². The molecule has 2 aromatic carbocycles. The number of aromatic amines is 1. The summed E-state index contributed by atoms with van der Waals surface area (Å²) in [6.45, 7) is 8.27. The number of amides is 7. The van der Waals surface area contributed by atoms with Crippen LogP contribution in [0.3, 0.4) is 0 Å². The van der Waals surface area contributed by atoms with Gasteiger partial charge in [0.05, 0.1) is 28.8 Å². The summed E-state index contributed by atoms with van der Waals surface area (Å²) in [6.07, 6.45) is 6.25. The second-order valence-corrected chi connectivity index (χ2v) is 14.7. The number of carbonyl (C=O) groups excluding carboxylic acids is 7.